The van der Waals surface area contributed by atoms with Crippen LogP contribution in [0.4, 0.5) is 0 Å². The molecule has 0 spiro atoms. The molecule has 0 saturated heterocycles. The summed E-state index contributed by atoms with van der Waals surface area (Å²) in [5.41, 5.74) is 1.62. The van der Waals surface area contributed by atoms with Gasteiger partial charge in [-0.2, -0.15) is 0 Å². The molecular weight excluding hydrogens is 344 g/mol. The molecular formula is C15H35Cl2Nb. The van der Waals surface area contributed by atoms with Crippen LogP contribution in [-0.2, 0) is 18.4 Å². The third-order valence-corrected chi connectivity index (χ3v) is 12.4. The van der Waals surface area contributed by atoms with Gasteiger partial charge in [0.25, 0.3) is 0 Å². The summed E-state index contributed by atoms with van der Waals surface area (Å²) in [6, 6.07) is 0. The molecule has 0 aliphatic carbocycles. The molecule has 0 unspecified atom stereocenters. The molecule has 0 aromatic carbocycles. The number of halogens is 2. The maximum atomic E-state index is 2.41. The Morgan fingerprint density at radius 1 is 0.500 bits per heavy atom. The second kappa shape index (κ2) is 8.57. The Balaban J connectivity index is -0.00000112. The van der Waals surface area contributed by atoms with Crippen LogP contribution in [0.5, 0.6) is 0 Å². The molecule has 0 bridgehead atoms. The largest absolute Gasteiger partial charge is 0.147 e. The Bertz CT molecular complexity index is 168. The van der Waals surface area contributed by atoms with Crippen molar-refractivity contribution in [2.45, 2.75) is 76.2 Å². The van der Waals surface area contributed by atoms with Crippen LogP contribution in [0.1, 0.15) is 62.3 Å². The maximum Gasteiger partial charge on any atom is -0.147 e. The number of rotatable bonds is 3. The van der Waals surface area contributed by atoms with Crippen molar-refractivity contribution in [2.24, 2.45) is 16.2 Å². The smallest absolute Gasteiger partial charge is 0.147 e. The van der Waals surface area contributed by atoms with E-state index >= 15 is 0 Å². The first-order chi connectivity index (χ1) is 6.79. The number of hydrogen-bond acceptors (Lipinski definition) is 0. The topological polar surface area (TPSA) is 0 Å². The van der Waals surface area contributed by atoms with Gasteiger partial charge in [-0.1, -0.05) is 0 Å². The molecule has 0 rings (SSSR count). The van der Waals surface area contributed by atoms with Gasteiger partial charge in [0, 0.05) is 0 Å². The molecule has 0 heterocycles. The monoisotopic (exact) mass is 378 g/mol. The fourth-order valence-electron chi connectivity index (χ4n) is 2.18. The molecule has 0 atom stereocenters. The summed E-state index contributed by atoms with van der Waals surface area (Å²) in [7, 11) is 0. The summed E-state index contributed by atoms with van der Waals surface area (Å²) < 4.78 is 4.60. The third kappa shape index (κ3) is 17.3. The van der Waals surface area contributed by atoms with Crippen molar-refractivity contribution in [2.75, 3.05) is 0 Å². The van der Waals surface area contributed by atoms with Crippen LogP contribution in [0, 0.1) is 16.2 Å². The molecule has 0 aliphatic heterocycles. The standard InChI is InChI=1S/3C5H11.2ClH.Nb/c3*1-5(2,3)4;;;/h3*1H2,2-4H3;2*1H;. The first-order valence-corrected chi connectivity index (χ1v) is 11.2. The van der Waals surface area contributed by atoms with Gasteiger partial charge in [-0.25, -0.2) is 0 Å². The van der Waals surface area contributed by atoms with Crippen molar-refractivity contribution in [1.29, 1.82) is 0 Å². The second-order valence-electron chi connectivity index (χ2n) is 8.83. The molecule has 0 aliphatic rings. The minimum Gasteiger partial charge on any atom is -0.147 e. The van der Waals surface area contributed by atoms with Crippen molar-refractivity contribution < 1.29 is 18.4 Å². The van der Waals surface area contributed by atoms with E-state index in [0.717, 1.165) is 0 Å². The fraction of sp³-hybridized carbons (Fsp3) is 1.00. The van der Waals surface area contributed by atoms with Crippen LogP contribution in [0.25, 0.3) is 0 Å². The van der Waals surface area contributed by atoms with Gasteiger partial charge in [-0.3, -0.25) is 0 Å². The Morgan fingerprint density at radius 3 is 0.778 bits per heavy atom. The summed E-state index contributed by atoms with van der Waals surface area (Å²) in [4.78, 5) is 0. The van der Waals surface area contributed by atoms with Gasteiger partial charge in [0.05, 0.1) is 0 Å². The Morgan fingerprint density at radius 2 is 0.667 bits per heavy atom. The molecule has 0 radical (unpaired) electrons. The predicted octanol–water partition coefficient (Wildman–Crippen LogP) is 6.84. The second-order valence-corrected chi connectivity index (χ2v) is 14.5. The summed E-state index contributed by atoms with van der Waals surface area (Å²) >= 11 is -1.08. The Hall–Kier alpha value is 1.32. The van der Waals surface area contributed by atoms with E-state index in [1.807, 2.05) is 0 Å². The van der Waals surface area contributed by atoms with Crippen molar-refractivity contribution >= 4 is 24.8 Å². The van der Waals surface area contributed by atoms with Gasteiger partial charge < -0.3 is 0 Å². The molecule has 0 amide bonds. The number of hydrogen-bond donors (Lipinski definition) is 0. The van der Waals surface area contributed by atoms with Gasteiger partial charge in [0.2, 0.25) is 0 Å². The molecule has 0 fully saturated rings. The van der Waals surface area contributed by atoms with E-state index in [9.17, 15) is 0 Å². The summed E-state index contributed by atoms with van der Waals surface area (Å²) in [5.74, 6) is 0. The maximum absolute atomic E-state index is 2.41. The van der Waals surface area contributed by atoms with Crippen LogP contribution in [-0.4, -0.2) is 0 Å². The molecule has 18 heavy (non-hydrogen) atoms. The van der Waals surface area contributed by atoms with E-state index in [0.29, 0.717) is 16.2 Å². The third-order valence-electron chi connectivity index (χ3n) is 2.09. The van der Waals surface area contributed by atoms with Crippen LogP contribution in [0.3, 0.4) is 0 Å². The minimum atomic E-state index is -1.08. The van der Waals surface area contributed by atoms with Crippen molar-refractivity contribution in [3.05, 3.63) is 0 Å². The van der Waals surface area contributed by atoms with Crippen LogP contribution in [0.2, 0.25) is 13.9 Å². The zero-order chi connectivity index (χ0) is 13.2. The molecule has 0 aromatic heterocycles. The van der Waals surface area contributed by atoms with Crippen LogP contribution in [0.15, 0.2) is 0 Å². The van der Waals surface area contributed by atoms with E-state index in [1.165, 1.54) is 13.9 Å². The summed E-state index contributed by atoms with van der Waals surface area (Å²) in [5, 5.41) is 0. The van der Waals surface area contributed by atoms with Gasteiger partial charge >= 0.3 is 111 Å². The molecule has 0 N–H and O–H groups in total. The average Bonchev–Trinajstić information content (AvgIpc) is 1.70. The van der Waals surface area contributed by atoms with Gasteiger partial charge in [-0.15, -0.1) is 24.8 Å². The Labute approximate surface area is 135 Å². The van der Waals surface area contributed by atoms with E-state index in [-0.39, 0.29) is 24.8 Å². The van der Waals surface area contributed by atoms with Gasteiger partial charge in [-0.05, 0) is 0 Å². The SMILES string of the molecule is CC(C)(C)[CH2][Nb]([CH2]C(C)(C)C)[CH2]C(C)(C)C.Cl.Cl. The predicted molar refractivity (Wildman–Crippen MR) is 87.3 cm³/mol. The summed E-state index contributed by atoms with van der Waals surface area (Å²) in [6.45, 7) is 21.7. The average molecular weight is 379 g/mol. The van der Waals surface area contributed by atoms with Crippen molar-refractivity contribution in [3.8, 4) is 0 Å². The minimum absolute atomic E-state index is 0. The van der Waals surface area contributed by atoms with Gasteiger partial charge in [0.15, 0.2) is 0 Å². The summed E-state index contributed by atoms with van der Waals surface area (Å²) in [6.07, 6.45) is 0. The molecule has 0 aromatic rings. The Kier molecular flexibility index (Phi) is 11.6. The molecule has 0 saturated carbocycles. The van der Waals surface area contributed by atoms with E-state index < -0.39 is 18.4 Å². The zero-order valence-electron chi connectivity index (χ0n) is 13.9. The van der Waals surface area contributed by atoms with Crippen LogP contribution >= 0.6 is 24.8 Å². The fourth-order valence-corrected chi connectivity index (χ4v) is 12.9. The molecule has 0 nitrogen and oxygen atoms in total. The first kappa shape index (κ1) is 24.3. The van der Waals surface area contributed by atoms with Gasteiger partial charge in [0.1, 0.15) is 0 Å². The quantitative estimate of drug-likeness (QED) is 0.471. The van der Waals surface area contributed by atoms with Crippen LogP contribution < -0.4 is 0 Å². The molecule has 3 heteroatoms. The van der Waals surface area contributed by atoms with Crippen molar-refractivity contribution in [1.82, 2.24) is 0 Å². The van der Waals surface area contributed by atoms with E-state index in [1.54, 1.807) is 0 Å². The first-order valence-electron chi connectivity index (χ1n) is 6.51. The van der Waals surface area contributed by atoms with E-state index in [2.05, 4.69) is 62.3 Å². The zero-order valence-corrected chi connectivity index (χ0v) is 17.7. The normalized spacial score (nSPS) is 13.0. The molecule has 114 valence electrons. The van der Waals surface area contributed by atoms with Crippen molar-refractivity contribution in [3.63, 3.8) is 0 Å². The van der Waals surface area contributed by atoms with E-state index in [4.69, 9.17) is 0 Å².